The van der Waals surface area contributed by atoms with E-state index in [1.54, 1.807) is 24.3 Å². The highest BCUT2D eigenvalue weighted by Crippen LogP contribution is 2.38. The Morgan fingerprint density at radius 2 is 1.75 bits per heavy atom. The molecule has 0 aliphatic carbocycles. The number of benzene rings is 3. The first-order valence-electron chi connectivity index (χ1n) is 8.74. The zero-order chi connectivity index (χ0) is 19.7. The van der Waals surface area contributed by atoms with E-state index in [-0.39, 0.29) is 18.0 Å². The van der Waals surface area contributed by atoms with Gasteiger partial charge >= 0.3 is 0 Å². The van der Waals surface area contributed by atoms with E-state index in [1.165, 1.54) is 23.1 Å². The first-order chi connectivity index (χ1) is 13.5. The van der Waals surface area contributed by atoms with Gasteiger partial charge in [-0.2, -0.15) is 0 Å². The molecule has 4 rings (SSSR count). The quantitative estimate of drug-likeness (QED) is 0.687. The van der Waals surface area contributed by atoms with Gasteiger partial charge in [0, 0.05) is 16.3 Å². The number of halogens is 2. The summed E-state index contributed by atoms with van der Waals surface area (Å²) in [6, 6.07) is 19.6. The largest absolute Gasteiger partial charge is 0.324 e. The summed E-state index contributed by atoms with van der Waals surface area (Å²) in [6.45, 7) is -0.209. The van der Waals surface area contributed by atoms with Gasteiger partial charge in [0.05, 0.1) is 11.6 Å². The summed E-state index contributed by atoms with van der Waals surface area (Å²) in [5.74, 6) is -1.54. The minimum Gasteiger partial charge on any atom is -0.324 e. The van der Waals surface area contributed by atoms with Gasteiger partial charge in [-0.1, -0.05) is 54.1 Å². The van der Waals surface area contributed by atoms with E-state index in [1.807, 2.05) is 30.3 Å². The van der Waals surface area contributed by atoms with Gasteiger partial charge in [0.15, 0.2) is 0 Å². The van der Waals surface area contributed by atoms with Crippen molar-refractivity contribution >= 4 is 29.1 Å². The van der Waals surface area contributed by atoms with E-state index in [2.05, 4.69) is 5.32 Å². The van der Waals surface area contributed by atoms with Crippen molar-refractivity contribution in [2.45, 2.75) is 6.04 Å². The van der Waals surface area contributed by atoms with E-state index in [0.717, 1.165) is 5.56 Å². The molecular weight excluding hydrogens is 379 g/mol. The second kappa shape index (κ2) is 7.44. The predicted molar refractivity (Wildman–Crippen MR) is 106 cm³/mol. The molecule has 0 aromatic heterocycles. The number of hydrogen-bond donors (Lipinski definition) is 1. The van der Waals surface area contributed by atoms with Crippen molar-refractivity contribution in [1.82, 2.24) is 4.90 Å². The number of carbonyl (C=O) groups excluding carboxylic acids is 2. The van der Waals surface area contributed by atoms with Crippen molar-refractivity contribution in [3.8, 4) is 0 Å². The molecule has 28 heavy (non-hydrogen) atoms. The molecule has 1 aliphatic heterocycles. The van der Waals surface area contributed by atoms with Crippen molar-refractivity contribution in [2.24, 2.45) is 0 Å². The molecule has 0 fully saturated rings. The topological polar surface area (TPSA) is 49.4 Å². The van der Waals surface area contributed by atoms with Gasteiger partial charge in [-0.3, -0.25) is 9.59 Å². The summed E-state index contributed by atoms with van der Waals surface area (Å²) in [4.78, 5) is 27.2. The minimum atomic E-state index is -0.629. The first kappa shape index (κ1) is 18.2. The normalized spacial score (nSPS) is 16.1. The lowest BCUT2D eigenvalue weighted by Gasteiger charge is -2.30. The molecule has 0 bridgehead atoms. The lowest BCUT2D eigenvalue weighted by molar-refractivity contribution is -0.117. The van der Waals surface area contributed by atoms with Gasteiger partial charge in [-0.05, 0) is 35.9 Å². The van der Waals surface area contributed by atoms with Gasteiger partial charge in [-0.15, -0.1) is 0 Å². The monoisotopic (exact) mass is 394 g/mol. The molecule has 0 unspecified atom stereocenters. The number of nitrogens with zero attached hydrogens (tertiary/aromatic N) is 1. The molecule has 3 aromatic rings. The Morgan fingerprint density at radius 3 is 2.50 bits per heavy atom. The van der Waals surface area contributed by atoms with Gasteiger partial charge in [0.1, 0.15) is 12.4 Å². The third kappa shape index (κ3) is 3.37. The summed E-state index contributed by atoms with van der Waals surface area (Å²) in [7, 11) is 0. The number of hydrogen-bond acceptors (Lipinski definition) is 2. The summed E-state index contributed by atoms with van der Waals surface area (Å²) in [6.07, 6.45) is 0. The molecule has 2 amide bonds. The average molecular weight is 395 g/mol. The molecular formula is C22H16ClFN2O2. The predicted octanol–water partition coefficient (Wildman–Crippen LogP) is 4.66. The third-order valence-electron chi connectivity index (χ3n) is 4.69. The van der Waals surface area contributed by atoms with Crippen molar-refractivity contribution in [3.63, 3.8) is 0 Å². The fraction of sp³-hybridized carbons (Fsp3) is 0.0909. The van der Waals surface area contributed by atoms with E-state index in [9.17, 15) is 14.0 Å². The molecule has 0 radical (unpaired) electrons. The summed E-state index contributed by atoms with van der Waals surface area (Å²) < 4.78 is 14.3. The lowest BCUT2D eigenvalue weighted by Crippen LogP contribution is -2.39. The Kier molecular flexibility index (Phi) is 4.84. The second-order valence-electron chi connectivity index (χ2n) is 6.51. The van der Waals surface area contributed by atoms with Crippen molar-refractivity contribution in [3.05, 3.63) is 100 Å². The van der Waals surface area contributed by atoms with Crippen LogP contribution in [0.1, 0.15) is 27.5 Å². The third-order valence-corrected chi connectivity index (χ3v) is 4.92. The fourth-order valence-electron chi connectivity index (χ4n) is 3.45. The molecule has 140 valence electrons. The maximum Gasteiger partial charge on any atom is 0.258 e. The Balaban J connectivity index is 1.91. The Hall–Kier alpha value is -3.18. The summed E-state index contributed by atoms with van der Waals surface area (Å²) in [5.41, 5.74) is 1.97. The highest BCUT2D eigenvalue weighted by molar-refractivity contribution is 6.30. The van der Waals surface area contributed by atoms with E-state index in [0.29, 0.717) is 16.3 Å². The number of carbonyl (C=O) groups is 2. The van der Waals surface area contributed by atoms with Crippen LogP contribution in [0.4, 0.5) is 10.1 Å². The molecule has 0 saturated heterocycles. The SMILES string of the molecule is O=C1CN(C(=O)c2ccccc2F)[C@@H](c2ccccc2)c2cc(Cl)ccc2N1. The second-order valence-corrected chi connectivity index (χ2v) is 6.94. The van der Waals surface area contributed by atoms with Gasteiger partial charge in [-0.25, -0.2) is 4.39 Å². The van der Waals surface area contributed by atoms with Crippen LogP contribution in [0.3, 0.4) is 0 Å². The Labute approximate surface area is 166 Å². The molecule has 0 saturated carbocycles. The van der Waals surface area contributed by atoms with Crippen LogP contribution in [-0.2, 0) is 4.79 Å². The fourth-order valence-corrected chi connectivity index (χ4v) is 3.63. The first-order valence-corrected chi connectivity index (χ1v) is 9.12. The Bertz CT molecular complexity index is 1060. The molecule has 6 heteroatoms. The van der Waals surface area contributed by atoms with Crippen molar-refractivity contribution < 1.29 is 14.0 Å². The standard InChI is InChI=1S/C22H16ClFN2O2/c23-15-10-11-19-17(12-15)21(14-6-2-1-3-7-14)26(13-20(27)25-19)22(28)16-8-4-5-9-18(16)24/h1-12,21H,13H2,(H,25,27)/t21-/m0/s1. The zero-order valence-electron chi connectivity index (χ0n) is 14.7. The van der Waals surface area contributed by atoms with Crippen LogP contribution in [0.5, 0.6) is 0 Å². The highest BCUT2D eigenvalue weighted by atomic mass is 35.5. The maximum atomic E-state index is 14.3. The molecule has 1 N–H and O–H groups in total. The highest BCUT2D eigenvalue weighted by Gasteiger charge is 2.34. The van der Waals surface area contributed by atoms with E-state index < -0.39 is 17.8 Å². The van der Waals surface area contributed by atoms with Crippen molar-refractivity contribution in [1.29, 1.82) is 0 Å². The average Bonchev–Trinajstić information content (AvgIpc) is 2.84. The maximum absolute atomic E-state index is 14.3. The van der Waals surface area contributed by atoms with Crippen LogP contribution in [-0.4, -0.2) is 23.3 Å². The van der Waals surface area contributed by atoms with Gasteiger partial charge in [0.25, 0.3) is 5.91 Å². The van der Waals surface area contributed by atoms with Crippen LogP contribution < -0.4 is 5.32 Å². The molecule has 1 aliphatic rings. The summed E-state index contributed by atoms with van der Waals surface area (Å²) in [5, 5.41) is 3.30. The molecule has 3 aromatic carbocycles. The number of fused-ring (bicyclic) bond motifs is 1. The van der Waals surface area contributed by atoms with Crippen LogP contribution in [0.25, 0.3) is 0 Å². The zero-order valence-corrected chi connectivity index (χ0v) is 15.5. The van der Waals surface area contributed by atoms with Crippen molar-refractivity contribution in [2.75, 3.05) is 11.9 Å². The Morgan fingerprint density at radius 1 is 1.04 bits per heavy atom. The number of rotatable bonds is 2. The molecule has 1 atom stereocenters. The van der Waals surface area contributed by atoms with Crippen LogP contribution in [0, 0.1) is 5.82 Å². The van der Waals surface area contributed by atoms with Gasteiger partial charge in [0.2, 0.25) is 5.91 Å². The molecule has 1 heterocycles. The van der Waals surface area contributed by atoms with E-state index in [4.69, 9.17) is 11.6 Å². The van der Waals surface area contributed by atoms with E-state index >= 15 is 0 Å². The smallest absolute Gasteiger partial charge is 0.258 e. The van der Waals surface area contributed by atoms with Crippen LogP contribution >= 0.6 is 11.6 Å². The summed E-state index contributed by atoms with van der Waals surface area (Å²) >= 11 is 6.21. The lowest BCUT2D eigenvalue weighted by atomic mass is 9.95. The van der Waals surface area contributed by atoms with Crippen LogP contribution in [0.15, 0.2) is 72.8 Å². The number of anilines is 1. The van der Waals surface area contributed by atoms with Crippen LogP contribution in [0.2, 0.25) is 5.02 Å². The molecule has 4 nitrogen and oxygen atoms in total. The number of nitrogens with one attached hydrogen (secondary N) is 1. The van der Waals surface area contributed by atoms with Gasteiger partial charge < -0.3 is 10.2 Å². The minimum absolute atomic E-state index is 0.0818. The number of amides is 2. The molecule has 0 spiro atoms.